The molecule has 2 saturated heterocycles. The van der Waals surface area contributed by atoms with Gasteiger partial charge in [-0.3, -0.25) is 14.5 Å². The standard InChI is InChI=1S/C28H34ClN9O12S3/c1-27(2,23(44)45)50-37-16(12-8-51-26(31)33-12)20(42)34-17-21(43)38-9-28(24(46)47,53-22(17)38)52-7-10(49-3)6-32-19(41)15(35-36-25(30)48)11-4-5-13(39)18(40)14(11)29/h4-5,8,10,17,21-22,39-40,43H,6-7,9H2,1-3H3,(H2,31,33)(H,32,41)(H,34,42)(H,44,45)(H,46,47)(H3,30,36,48)/b35-15-,37-16-/t10-,17?,21?,22+,28?/m0/s1. The number of aromatic hydroxyl groups is 2. The summed E-state index contributed by atoms with van der Waals surface area (Å²) in [5.41, 5.74) is 9.76. The van der Waals surface area contributed by atoms with Gasteiger partial charge in [-0.15, -0.1) is 34.9 Å². The molecular weight excluding hydrogens is 786 g/mol. The van der Waals surface area contributed by atoms with Crippen LogP contribution in [0.15, 0.2) is 27.8 Å². The Morgan fingerprint density at radius 2 is 1.91 bits per heavy atom. The number of primary amides is 1. The molecule has 288 valence electrons. The maximum atomic E-state index is 13.4. The number of nitrogens with zero attached hydrogens (tertiary/aromatic N) is 4. The zero-order valence-electron chi connectivity index (χ0n) is 27.8. The van der Waals surface area contributed by atoms with Crippen LogP contribution in [0, 0.1) is 0 Å². The second kappa shape index (κ2) is 16.6. The van der Waals surface area contributed by atoms with Gasteiger partial charge in [0.25, 0.3) is 11.8 Å². The number of nitrogens with one attached hydrogen (secondary N) is 3. The third kappa shape index (κ3) is 9.14. The van der Waals surface area contributed by atoms with Crippen molar-refractivity contribution in [3.8, 4) is 11.5 Å². The van der Waals surface area contributed by atoms with Gasteiger partial charge < -0.3 is 57.2 Å². The van der Waals surface area contributed by atoms with Gasteiger partial charge in [-0.05, 0) is 26.0 Å². The third-order valence-electron chi connectivity index (χ3n) is 7.65. The summed E-state index contributed by atoms with van der Waals surface area (Å²) in [7, 11) is 1.32. The van der Waals surface area contributed by atoms with Crippen molar-refractivity contribution in [1.29, 1.82) is 0 Å². The monoisotopic (exact) mass is 819 g/mol. The van der Waals surface area contributed by atoms with Gasteiger partial charge in [-0.1, -0.05) is 16.8 Å². The molecule has 53 heavy (non-hydrogen) atoms. The number of phenols is 2. The number of carboxylic acid groups (broad SMARTS) is 2. The number of phenolic OH excluding ortho intramolecular Hbond substituents is 2. The first kappa shape index (κ1) is 41.2. The fraction of sp³-hybridized carbons (Fsp3) is 0.429. The smallest absolute Gasteiger partial charge is 0.350 e. The number of ether oxygens (including phenoxy) is 1. The van der Waals surface area contributed by atoms with E-state index in [-0.39, 0.29) is 35.2 Å². The lowest BCUT2D eigenvalue weighted by atomic mass is 10.0. The first-order valence-corrected chi connectivity index (χ1v) is 18.1. The SMILES string of the molecule is CO[C@@H](CNC(=O)/C(=N\NC(N)=O)c1ccc(O)c(O)c1Cl)CSC1(C(=O)O)CN2C(O)C(NC(=O)/C(=N\OC(C)(C)C(=O)O)c3csc(N)n3)[C@H]2S1. The maximum absolute atomic E-state index is 13.4. The molecule has 4 rings (SSSR count). The third-order valence-corrected chi connectivity index (χ3v) is 12.1. The van der Waals surface area contributed by atoms with Crippen molar-refractivity contribution in [1.82, 2.24) is 25.9 Å². The molecule has 0 saturated carbocycles. The molecule has 0 aliphatic carbocycles. The number of aromatic nitrogens is 1. The van der Waals surface area contributed by atoms with Crippen LogP contribution in [0.25, 0.3) is 0 Å². The van der Waals surface area contributed by atoms with Crippen molar-refractivity contribution in [2.24, 2.45) is 16.0 Å². The highest BCUT2D eigenvalue weighted by Crippen LogP contribution is 2.54. The number of thiazole rings is 1. The number of nitrogens with two attached hydrogens (primary N) is 2. The summed E-state index contributed by atoms with van der Waals surface area (Å²) in [5.74, 6) is -5.73. The predicted molar refractivity (Wildman–Crippen MR) is 193 cm³/mol. The van der Waals surface area contributed by atoms with Crippen molar-refractivity contribution in [3.63, 3.8) is 0 Å². The van der Waals surface area contributed by atoms with Crippen LogP contribution >= 0.6 is 46.5 Å². The minimum absolute atomic E-state index is 0.00468. The molecule has 1 aromatic carbocycles. The lowest BCUT2D eigenvalue weighted by Gasteiger charge is -2.47. The number of aliphatic hydroxyl groups excluding tert-OH is 1. The Morgan fingerprint density at radius 1 is 1.21 bits per heavy atom. The number of hydrogen-bond acceptors (Lipinski definition) is 18. The van der Waals surface area contributed by atoms with E-state index in [1.807, 2.05) is 5.43 Å². The molecule has 0 spiro atoms. The number of carbonyl (C=O) groups excluding carboxylic acids is 3. The maximum Gasteiger partial charge on any atom is 0.350 e. The molecule has 5 atom stereocenters. The Morgan fingerprint density at radius 3 is 2.49 bits per heavy atom. The summed E-state index contributed by atoms with van der Waals surface area (Å²) in [6.07, 6.45) is -2.12. The first-order chi connectivity index (χ1) is 24.8. The Kier molecular flexibility index (Phi) is 12.9. The number of methoxy groups -OCH3 is 1. The Balaban J connectivity index is 1.44. The normalized spacial score (nSPS) is 22.2. The molecule has 3 unspecified atom stereocenters. The lowest BCUT2D eigenvalue weighted by molar-refractivity contribution is -0.161. The Labute approximate surface area is 317 Å². The molecule has 2 aliphatic heterocycles. The highest BCUT2D eigenvalue weighted by atomic mass is 35.5. The van der Waals surface area contributed by atoms with Gasteiger partial charge in [0.15, 0.2) is 32.1 Å². The summed E-state index contributed by atoms with van der Waals surface area (Å²) in [5, 5.41) is 63.2. The van der Waals surface area contributed by atoms with Gasteiger partial charge in [0, 0.05) is 36.9 Å². The molecule has 2 aromatic rings. The number of aliphatic hydroxyl groups is 1. The zero-order chi connectivity index (χ0) is 39.4. The first-order valence-electron chi connectivity index (χ1n) is 15.0. The molecule has 2 fully saturated rings. The van der Waals surface area contributed by atoms with E-state index in [1.165, 1.54) is 37.3 Å². The summed E-state index contributed by atoms with van der Waals surface area (Å²) in [6, 6.07) is 0.0936. The topological polar surface area (TPSA) is 334 Å². The molecule has 4 amide bonds. The number of amides is 4. The number of halogens is 1. The minimum atomic E-state index is -1.81. The van der Waals surface area contributed by atoms with Crippen LogP contribution in [0.5, 0.6) is 11.5 Å². The molecule has 21 nitrogen and oxygen atoms in total. The number of fused-ring (bicyclic) bond motifs is 1. The van der Waals surface area contributed by atoms with E-state index in [1.54, 1.807) is 0 Å². The number of benzene rings is 1. The summed E-state index contributed by atoms with van der Waals surface area (Å²) >= 11 is 8.99. The predicted octanol–water partition coefficient (Wildman–Crippen LogP) is -0.717. The number of rotatable bonds is 16. The van der Waals surface area contributed by atoms with E-state index in [4.69, 9.17) is 32.6 Å². The Hall–Kier alpha value is -4.59. The van der Waals surface area contributed by atoms with Crippen molar-refractivity contribution >= 4 is 92.8 Å². The molecular formula is C28H34ClN9O12S3. The largest absolute Gasteiger partial charge is 0.504 e. The van der Waals surface area contributed by atoms with Crippen molar-refractivity contribution < 1.29 is 59.1 Å². The average Bonchev–Trinajstić information content (AvgIpc) is 3.69. The lowest BCUT2D eigenvalue weighted by Crippen LogP contribution is -2.70. The molecule has 1 aromatic heterocycles. The number of oxime groups is 1. The highest BCUT2D eigenvalue weighted by Gasteiger charge is 2.62. The number of aliphatic carboxylic acids is 2. The molecule has 0 radical (unpaired) electrons. The van der Waals surface area contributed by atoms with Crippen LogP contribution in [0.4, 0.5) is 9.93 Å². The number of carbonyl (C=O) groups is 5. The van der Waals surface area contributed by atoms with Gasteiger partial charge in [0.1, 0.15) is 11.9 Å². The molecule has 25 heteroatoms. The quantitative estimate of drug-likeness (QED) is 0.0568. The second-order valence-corrected chi connectivity index (χ2v) is 15.9. The number of hydrazone groups is 1. The minimum Gasteiger partial charge on any atom is -0.504 e. The molecule has 0 bridgehead atoms. The molecule has 2 aliphatic rings. The van der Waals surface area contributed by atoms with E-state index in [9.17, 15) is 49.5 Å². The van der Waals surface area contributed by atoms with Gasteiger partial charge in [-0.2, -0.15) is 5.10 Å². The van der Waals surface area contributed by atoms with Crippen molar-refractivity contribution in [3.05, 3.63) is 33.8 Å². The van der Waals surface area contributed by atoms with Crippen molar-refractivity contribution in [2.45, 2.75) is 47.3 Å². The van der Waals surface area contributed by atoms with E-state index < -0.39 is 91.2 Å². The number of carboxylic acids is 2. The van der Waals surface area contributed by atoms with Crippen LogP contribution in [0.3, 0.4) is 0 Å². The van der Waals surface area contributed by atoms with Crippen molar-refractivity contribution in [2.75, 3.05) is 31.7 Å². The van der Waals surface area contributed by atoms with Crippen LogP contribution < -0.4 is 27.5 Å². The summed E-state index contributed by atoms with van der Waals surface area (Å²) in [4.78, 5) is 72.6. The second-order valence-electron chi connectivity index (χ2n) is 11.7. The number of urea groups is 1. The van der Waals surface area contributed by atoms with E-state index >= 15 is 0 Å². The molecule has 12 N–H and O–H groups in total. The highest BCUT2D eigenvalue weighted by molar-refractivity contribution is 8.19. The Bertz CT molecular complexity index is 1850. The summed E-state index contributed by atoms with van der Waals surface area (Å²) < 4.78 is 3.89. The number of hydrogen-bond donors (Lipinski definition) is 10. The average molecular weight is 820 g/mol. The van der Waals surface area contributed by atoms with Gasteiger partial charge in [0.05, 0.1) is 22.5 Å². The fourth-order valence-corrected chi connectivity index (χ4v) is 8.69. The van der Waals surface area contributed by atoms with Crippen LogP contribution in [-0.2, 0) is 28.8 Å². The van der Waals surface area contributed by atoms with Crippen LogP contribution in [0.1, 0.15) is 25.1 Å². The fourth-order valence-electron chi connectivity index (χ4n) is 4.64. The number of thioether (sulfide) groups is 2. The van der Waals surface area contributed by atoms with Crippen LogP contribution in [-0.4, -0.2) is 136 Å². The van der Waals surface area contributed by atoms with Gasteiger partial charge >= 0.3 is 18.0 Å². The van der Waals surface area contributed by atoms with Crippen LogP contribution in [0.2, 0.25) is 5.02 Å². The van der Waals surface area contributed by atoms with E-state index in [0.717, 1.165) is 40.9 Å². The van der Waals surface area contributed by atoms with Gasteiger partial charge in [0.2, 0.25) is 5.60 Å². The zero-order valence-corrected chi connectivity index (χ0v) is 31.0. The number of anilines is 1. The number of nitrogen functional groups attached to an aromatic ring is 1. The summed E-state index contributed by atoms with van der Waals surface area (Å²) in [6.45, 7) is 2.07. The molecule has 3 heterocycles. The van der Waals surface area contributed by atoms with Gasteiger partial charge in [-0.25, -0.2) is 24.8 Å². The van der Waals surface area contributed by atoms with E-state index in [0.29, 0.717) is 0 Å². The van der Waals surface area contributed by atoms with E-state index in [2.05, 4.69) is 25.9 Å².